The molecule has 20 heavy (non-hydrogen) atoms. The summed E-state index contributed by atoms with van der Waals surface area (Å²) in [5.74, 6) is 0. The highest BCUT2D eigenvalue weighted by molar-refractivity contribution is 5.67. The Morgan fingerprint density at radius 1 is 1.20 bits per heavy atom. The lowest BCUT2D eigenvalue weighted by molar-refractivity contribution is 0.0506. The molecule has 0 aliphatic rings. The van der Waals surface area contributed by atoms with Crippen LogP contribution in [0.4, 0.5) is 4.79 Å². The van der Waals surface area contributed by atoms with Gasteiger partial charge in [0.1, 0.15) is 5.60 Å². The van der Waals surface area contributed by atoms with Crippen LogP contribution in [-0.4, -0.2) is 30.3 Å². The Labute approximate surface area is 125 Å². The summed E-state index contributed by atoms with van der Waals surface area (Å²) >= 11 is 0. The maximum atomic E-state index is 11.6. The van der Waals surface area contributed by atoms with Gasteiger partial charge in [-0.15, -0.1) is 0 Å². The zero-order chi connectivity index (χ0) is 15.6. The second kappa shape index (κ2) is 10.0. The Morgan fingerprint density at radius 2 is 1.85 bits per heavy atom. The third-order valence-corrected chi connectivity index (χ3v) is 3.17. The van der Waals surface area contributed by atoms with Crippen LogP contribution in [-0.2, 0) is 4.74 Å². The molecule has 0 aromatic heterocycles. The number of carbonyl (C=O) groups is 1. The molecule has 0 spiro atoms. The van der Waals surface area contributed by atoms with E-state index in [2.05, 4.69) is 24.5 Å². The van der Waals surface area contributed by atoms with Gasteiger partial charge in [0.25, 0.3) is 0 Å². The number of amides is 1. The first-order valence-electron chi connectivity index (χ1n) is 8.01. The van der Waals surface area contributed by atoms with Crippen molar-refractivity contribution in [3.05, 3.63) is 0 Å². The molecule has 0 heterocycles. The second-order valence-electron chi connectivity index (χ2n) is 6.54. The highest BCUT2D eigenvalue weighted by atomic mass is 16.6. The van der Waals surface area contributed by atoms with Crippen molar-refractivity contribution >= 4 is 6.09 Å². The van der Waals surface area contributed by atoms with Crippen LogP contribution in [0.2, 0.25) is 0 Å². The van der Waals surface area contributed by atoms with Crippen molar-refractivity contribution in [1.82, 2.24) is 10.6 Å². The summed E-state index contributed by atoms with van der Waals surface area (Å²) in [5.41, 5.74) is -0.435. The molecule has 0 aliphatic heterocycles. The highest BCUT2D eigenvalue weighted by Gasteiger charge is 2.17. The zero-order valence-corrected chi connectivity index (χ0v) is 14.2. The third-order valence-electron chi connectivity index (χ3n) is 3.17. The average molecular weight is 286 g/mol. The van der Waals surface area contributed by atoms with Gasteiger partial charge in [0, 0.05) is 12.1 Å². The predicted octanol–water partition coefficient (Wildman–Crippen LogP) is 3.85. The molecular weight excluding hydrogens is 252 g/mol. The van der Waals surface area contributed by atoms with Crippen LogP contribution in [0.1, 0.15) is 73.6 Å². The van der Waals surface area contributed by atoms with Crippen molar-refractivity contribution in [2.45, 2.75) is 91.3 Å². The Balaban J connectivity index is 3.81. The Kier molecular flexibility index (Phi) is 9.64. The summed E-state index contributed by atoms with van der Waals surface area (Å²) in [6, 6.07) is 0.727. The first kappa shape index (κ1) is 19.2. The molecule has 0 rings (SSSR count). The van der Waals surface area contributed by atoms with E-state index in [1.807, 2.05) is 27.7 Å². The van der Waals surface area contributed by atoms with Crippen LogP contribution >= 0.6 is 0 Å². The van der Waals surface area contributed by atoms with E-state index in [9.17, 15) is 4.79 Å². The van der Waals surface area contributed by atoms with Crippen molar-refractivity contribution in [2.24, 2.45) is 0 Å². The SMILES string of the molecule is CCCCC(CC)NCCC(C)NC(=O)OC(C)(C)C. The van der Waals surface area contributed by atoms with Crippen LogP contribution in [0.5, 0.6) is 0 Å². The Bertz CT molecular complexity index is 262. The lowest BCUT2D eigenvalue weighted by Gasteiger charge is -2.22. The maximum absolute atomic E-state index is 11.6. The molecule has 0 aromatic rings. The molecule has 1 amide bonds. The van der Waals surface area contributed by atoms with Crippen LogP contribution in [0.25, 0.3) is 0 Å². The molecule has 0 fully saturated rings. The smallest absolute Gasteiger partial charge is 0.407 e. The molecule has 2 N–H and O–H groups in total. The molecule has 0 aromatic carbocycles. The van der Waals surface area contributed by atoms with Gasteiger partial charge in [0.05, 0.1) is 0 Å². The van der Waals surface area contributed by atoms with Gasteiger partial charge >= 0.3 is 6.09 Å². The maximum Gasteiger partial charge on any atom is 0.407 e. The molecule has 0 saturated carbocycles. The predicted molar refractivity (Wildman–Crippen MR) is 85.1 cm³/mol. The molecule has 0 radical (unpaired) electrons. The van der Waals surface area contributed by atoms with E-state index in [1.54, 1.807) is 0 Å². The first-order valence-corrected chi connectivity index (χ1v) is 8.01. The van der Waals surface area contributed by atoms with E-state index >= 15 is 0 Å². The summed E-state index contributed by atoms with van der Waals surface area (Å²) in [4.78, 5) is 11.6. The van der Waals surface area contributed by atoms with Gasteiger partial charge in [-0.3, -0.25) is 0 Å². The fourth-order valence-corrected chi connectivity index (χ4v) is 1.99. The topological polar surface area (TPSA) is 50.4 Å². The van der Waals surface area contributed by atoms with E-state index in [1.165, 1.54) is 19.3 Å². The number of rotatable bonds is 9. The summed E-state index contributed by atoms with van der Waals surface area (Å²) in [6.07, 6.45) is 5.51. The minimum absolute atomic E-state index is 0.126. The van der Waals surface area contributed by atoms with Gasteiger partial charge in [-0.2, -0.15) is 0 Å². The summed E-state index contributed by atoms with van der Waals surface area (Å²) in [6.45, 7) is 13.0. The molecule has 0 saturated heterocycles. The van der Waals surface area contributed by atoms with E-state index < -0.39 is 5.60 Å². The molecule has 2 atom stereocenters. The minimum Gasteiger partial charge on any atom is -0.444 e. The zero-order valence-electron chi connectivity index (χ0n) is 14.2. The van der Waals surface area contributed by atoms with Crippen molar-refractivity contribution in [1.29, 1.82) is 0 Å². The molecule has 120 valence electrons. The monoisotopic (exact) mass is 286 g/mol. The Hall–Kier alpha value is -0.770. The van der Waals surface area contributed by atoms with Gasteiger partial charge in [0.15, 0.2) is 0 Å². The highest BCUT2D eigenvalue weighted by Crippen LogP contribution is 2.07. The number of hydrogen-bond donors (Lipinski definition) is 2. The van der Waals surface area contributed by atoms with Crippen molar-refractivity contribution in [3.8, 4) is 0 Å². The minimum atomic E-state index is -0.435. The van der Waals surface area contributed by atoms with Crippen molar-refractivity contribution in [2.75, 3.05) is 6.54 Å². The van der Waals surface area contributed by atoms with E-state index in [0.29, 0.717) is 6.04 Å². The molecule has 4 heteroatoms. The number of ether oxygens (including phenoxy) is 1. The number of carbonyl (C=O) groups excluding carboxylic acids is 1. The van der Waals surface area contributed by atoms with E-state index in [-0.39, 0.29) is 12.1 Å². The second-order valence-corrected chi connectivity index (χ2v) is 6.54. The number of hydrogen-bond acceptors (Lipinski definition) is 3. The standard InChI is InChI=1S/C16H34N2O2/c1-7-9-10-14(8-2)17-12-11-13(3)18-15(19)20-16(4,5)6/h13-14,17H,7-12H2,1-6H3,(H,18,19). The number of unbranched alkanes of at least 4 members (excludes halogenated alkanes) is 1. The largest absolute Gasteiger partial charge is 0.444 e. The van der Waals surface area contributed by atoms with Gasteiger partial charge in [-0.25, -0.2) is 4.79 Å². The fourth-order valence-electron chi connectivity index (χ4n) is 1.99. The first-order chi connectivity index (χ1) is 9.28. The molecule has 0 bridgehead atoms. The van der Waals surface area contributed by atoms with E-state index in [0.717, 1.165) is 19.4 Å². The fraction of sp³-hybridized carbons (Fsp3) is 0.938. The molecular formula is C16H34N2O2. The van der Waals surface area contributed by atoms with Gasteiger partial charge in [-0.05, 0) is 53.5 Å². The Morgan fingerprint density at radius 3 is 2.35 bits per heavy atom. The van der Waals surface area contributed by atoms with Crippen molar-refractivity contribution < 1.29 is 9.53 Å². The van der Waals surface area contributed by atoms with Crippen LogP contribution < -0.4 is 10.6 Å². The summed E-state index contributed by atoms with van der Waals surface area (Å²) < 4.78 is 5.24. The van der Waals surface area contributed by atoms with Gasteiger partial charge in [-0.1, -0.05) is 26.7 Å². The summed E-state index contributed by atoms with van der Waals surface area (Å²) in [5, 5.41) is 6.43. The van der Waals surface area contributed by atoms with Crippen LogP contribution in [0.3, 0.4) is 0 Å². The molecule has 4 nitrogen and oxygen atoms in total. The van der Waals surface area contributed by atoms with E-state index in [4.69, 9.17) is 4.74 Å². The van der Waals surface area contributed by atoms with Gasteiger partial charge in [0.2, 0.25) is 0 Å². The van der Waals surface area contributed by atoms with Crippen LogP contribution in [0, 0.1) is 0 Å². The third kappa shape index (κ3) is 11.1. The quantitative estimate of drug-likeness (QED) is 0.677. The lowest BCUT2D eigenvalue weighted by atomic mass is 10.1. The number of nitrogens with one attached hydrogen (secondary N) is 2. The van der Waals surface area contributed by atoms with Crippen molar-refractivity contribution in [3.63, 3.8) is 0 Å². The number of alkyl carbamates (subject to hydrolysis) is 1. The summed E-state index contributed by atoms with van der Waals surface area (Å²) in [7, 11) is 0. The lowest BCUT2D eigenvalue weighted by Crippen LogP contribution is -2.40. The molecule has 2 unspecified atom stereocenters. The normalized spacial score (nSPS) is 14.7. The molecule has 0 aliphatic carbocycles. The van der Waals surface area contributed by atoms with Gasteiger partial charge < -0.3 is 15.4 Å². The average Bonchev–Trinajstić information content (AvgIpc) is 2.30. The van der Waals surface area contributed by atoms with Crippen LogP contribution in [0.15, 0.2) is 0 Å².